The van der Waals surface area contributed by atoms with E-state index in [0.717, 1.165) is 41.2 Å². The van der Waals surface area contributed by atoms with Gasteiger partial charge >= 0.3 is 0 Å². The molecule has 4 heterocycles. The van der Waals surface area contributed by atoms with Gasteiger partial charge in [0.25, 0.3) is 5.56 Å². The Hall–Kier alpha value is -3.66. The molecule has 0 atom stereocenters. The minimum absolute atomic E-state index is 0.114. The highest BCUT2D eigenvalue weighted by Crippen LogP contribution is 2.22. The van der Waals surface area contributed by atoms with Crippen LogP contribution in [-0.2, 0) is 23.1 Å². The summed E-state index contributed by atoms with van der Waals surface area (Å²) < 4.78 is 9.81. The number of imidazole rings is 1. The summed E-state index contributed by atoms with van der Waals surface area (Å²) in [5, 5.41) is 7.01. The first-order valence-electron chi connectivity index (χ1n) is 11.6. The number of aryl methyl sites for hydroxylation is 2. The van der Waals surface area contributed by atoms with Gasteiger partial charge in [0.2, 0.25) is 11.9 Å². The Labute approximate surface area is 196 Å². The predicted molar refractivity (Wildman–Crippen MR) is 130 cm³/mol. The molecule has 34 heavy (non-hydrogen) atoms. The van der Waals surface area contributed by atoms with Crippen LogP contribution in [0.25, 0.3) is 21.9 Å². The molecule has 5 rings (SSSR count). The molecule has 0 unspecified atom stereocenters. The predicted octanol–water partition coefficient (Wildman–Crippen LogP) is 1.68. The number of benzene rings is 1. The van der Waals surface area contributed by atoms with Gasteiger partial charge in [-0.2, -0.15) is 5.10 Å². The molecule has 0 radical (unpaired) electrons. The van der Waals surface area contributed by atoms with Crippen LogP contribution in [0.2, 0.25) is 0 Å². The summed E-state index contributed by atoms with van der Waals surface area (Å²) in [5.41, 5.74) is 3.61. The number of aromatic amines is 1. The molecule has 4 aromatic rings. The van der Waals surface area contributed by atoms with Crippen molar-refractivity contribution < 1.29 is 9.53 Å². The van der Waals surface area contributed by atoms with Crippen LogP contribution in [0.1, 0.15) is 12.0 Å². The number of piperazine rings is 1. The third-order valence-electron chi connectivity index (χ3n) is 6.50. The molecule has 3 aromatic heterocycles. The molecule has 0 bridgehead atoms. The normalized spacial score (nSPS) is 14.4. The Morgan fingerprint density at radius 2 is 1.91 bits per heavy atom. The fraction of sp³-hybridized carbons (Fsp3) is 0.417. The average molecular weight is 464 g/mol. The molecule has 10 nitrogen and oxygen atoms in total. The molecule has 1 fully saturated rings. The van der Waals surface area contributed by atoms with Crippen LogP contribution >= 0.6 is 0 Å². The van der Waals surface area contributed by atoms with E-state index in [4.69, 9.17) is 9.72 Å². The molecule has 0 saturated carbocycles. The Bertz CT molecular complexity index is 1380. The number of anilines is 1. The molecule has 1 aliphatic heterocycles. The van der Waals surface area contributed by atoms with Crippen LogP contribution in [0.5, 0.6) is 0 Å². The van der Waals surface area contributed by atoms with Gasteiger partial charge in [-0.1, -0.05) is 12.1 Å². The summed E-state index contributed by atoms with van der Waals surface area (Å²) in [5.74, 6) is 1.06. The lowest BCUT2D eigenvalue weighted by Crippen LogP contribution is -2.49. The lowest BCUT2D eigenvalue weighted by molar-refractivity contribution is -0.132. The quantitative estimate of drug-likeness (QED) is 0.419. The van der Waals surface area contributed by atoms with E-state index in [1.807, 2.05) is 47.8 Å². The van der Waals surface area contributed by atoms with Crippen LogP contribution < -0.4 is 10.5 Å². The molecule has 0 aliphatic carbocycles. The standard InChI is InChI=1S/C24H29N7O3/c1-17-16-31(20-15-25-27-23(33)22(17)20)12-14-34-13-7-21(32)29-8-10-30(11-9-29)24-26-18-5-3-4-6-19(18)28(24)2/h3-6,15-16H,7-14H2,1-2H3,(H,27,33). The Morgan fingerprint density at radius 1 is 1.12 bits per heavy atom. The summed E-state index contributed by atoms with van der Waals surface area (Å²) in [6.45, 7) is 6.22. The van der Waals surface area contributed by atoms with Gasteiger partial charge in [0.1, 0.15) is 0 Å². The highest BCUT2D eigenvalue weighted by Gasteiger charge is 2.24. The summed E-state index contributed by atoms with van der Waals surface area (Å²) in [7, 11) is 2.03. The number of aromatic nitrogens is 5. The Balaban J connectivity index is 1.08. The van der Waals surface area contributed by atoms with E-state index in [0.29, 0.717) is 44.7 Å². The summed E-state index contributed by atoms with van der Waals surface area (Å²) in [6, 6.07) is 8.11. The average Bonchev–Trinajstić information content (AvgIpc) is 3.36. The number of fused-ring (bicyclic) bond motifs is 2. The zero-order valence-electron chi connectivity index (χ0n) is 19.5. The second-order valence-electron chi connectivity index (χ2n) is 8.65. The van der Waals surface area contributed by atoms with Gasteiger partial charge in [-0.3, -0.25) is 9.59 Å². The number of rotatable bonds is 7. The molecule has 0 spiro atoms. The van der Waals surface area contributed by atoms with Crippen molar-refractivity contribution in [3.63, 3.8) is 0 Å². The molecule has 1 aromatic carbocycles. The maximum Gasteiger partial charge on any atom is 0.273 e. The van der Waals surface area contributed by atoms with Gasteiger partial charge in [-0.25, -0.2) is 10.1 Å². The Morgan fingerprint density at radius 3 is 2.71 bits per heavy atom. The zero-order chi connectivity index (χ0) is 23.7. The molecule has 1 aliphatic rings. The molecule has 1 saturated heterocycles. The van der Waals surface area contributed by atoms with Crippen molar-refractivity contribution in [3.8, 4) is 0 Å². The number of hydrogen-bond acceptors (Lipinski definition) is 6. The van der Waals surface area contributed by atoms with E-state index in [-0.39, 0.29) is 11.5 Å². The summed E-state index contributed by atoms with van der Waals surface area (Å²) in [6.07, 6.45) is 3.94. The van der Waals surface area contributed by atoms with Gasteiger partial charge in [-0.05, 0) is 24.6 Å². The number of nitrogens with one attached hydrogen (secondary N) is 1. The summed E-state index contributed by atoms with van der Waals surface area (Å²) >= 11 is 0. The number of nitrogens with zero attached hydrogens (tertiary/aromatic N) is 6. The second-order valence-corrected chi connectivity index (χ2v) is 8.65. The minimum Gasteiger partial charge on any atom is -0.379 e. The molecular formula is C24H29N7O3. The minimum atomic E-state index is -0.184. The SMILES string of the molecule is Cc1cn(CCOCCC(=O)N2CCN(c3nc4ccccc4n3C)CC2)c2cn[nH]c(=O)c12. The van der Waals surface area contributed by atoms with Crippen molar-refractivity contribution in [1.29, 1.82) is 0 Å². The van der Waals surface area contributed by atoms with Gasteiger partial charge in [0.05, 0.1) is 47.8 Å². The van der Waals surface area contributed by atoms with E-state index < -0.39 is 0 Å². The molecule has 10 heteroatoms. The van der Waals surface area contributed by atoms with Crippen molar-refractivity contribution >= 4 is 33.8 Å². The van der Waals surface area contributed by atoms with Crippen LogP contribution in [0.4, 0.5) is 5.95 Å². The maximum atomic E-state index is 12.7. The number of para-hydroxylation sites is 2. The van der Waals surface area contributed by atoms with E-state index >= 15 is 0 Å². The fourth-order valence-corrected chi connectivity index (χ4v) is 4.69. The number of carbonyl (C=O) groups is 1. The highest BCUT2D eigenvalue weighted by molar-refractivity contribution is 5.82. The van der Waals surface area contributed by atoms with E-state index in [1.165, 1.54) is 0 Å². The van der Waals surface area contributed by atoms with Crippen molar-refractivity contribution in [2.75, 3.05) is 44.3 Å². The van der Waals surface area contributed by atoms with E-state index in [2.05, 4.69) is 25.7 Å². The van der Waals surface area contributed by atoms with Crippen LogP contribution in [0.3, 0.4) is 0 Å². The van der Waals surface area contributed by atoms with E-state index in [9.17, 15) is 9.59 Å². The first-order chi connectivity index (χ1) is 16.5. The molecule has 1 amide bonds. The second kappa shape index (κ2) is 9.30. The zero-order valence-corrected chi connectivity index (χ0v) is 19.5. The maximum absolute atomic E-state index is 12.7. The third kappa shape index (κ3) is 4.16. The lowest BCUT2D eigenvalue weighted by atomic mass is 10.2. The number of H-pyrrole nitrogens is 1. The van der Waals surface area contributed by atoms with Crippen molar-refractivity contribution in [2.24, 2.45) is 7.05 Å². The van der Waals surface area contributed by atoms with Gasteiger partial charge in [-0.15, -0.1) is 0 Å². The van der Waals surface area contributed by atoms with Crippen molar-refractivity contribution in [1.82, 2.24) is 29.2 Å². The third-order valence-corrected chi connectivity index (χ3v) is 6.50. The Kier molecular flexibility index (Phi) is 6.06. The number of hydrogen-bond donors (Lipinski definition) is 1. The topological polar surface area (TPSA) is 101 Å². The van der Waals surface area contributed by atoms with Gasteiger partial charge in [0.15, 0.2) is 0 Å². The number of carbonyl (C=O) groups excluding carboxylic acids is 1. The van der Waals surface area contributed by atoms with Crippen LogP contribution in [0, 0.1) is 6.92 Å². The molecule has 178 valence electrons. The van der Waals surface area contributed by atoms with Crippen molar-refractivity contribution in [2.45, 2.75) is 19.9 Å². The number of ether oxygens (including phenoxy) is 1. The summed E-state index contributed by atoms with van der Waals surface area (Å²) in [4.78, 5) is 33.5. The van der Waals surface area contributed by atoms with Gasteiger partial charge in [0, 0.05) is 46.0 Å². The molecular weight excluding hydrogens is 434 g/mol. The molecule has 1 N–H and O–H groups in total. The largest absolute Gasteiger partial charge is 0.379 e. The fourth-order valence-electron chi connectivity index (χ4n) is 4.69. The van der Waals surface area contributed by atoms with Crippen LogP contribution in [0.15, 0.2) is 41.5 Å². The van der Waals surface area contributed by atoms with Gasteiger partial charge < -0.3 is 23.7 Å². The first-order valence-corrected chi connectivity index (χ1v) is 11.6. The monoisotopic (exact) mass is 463 g/mol. The smallest absolute Gasteiger partial charge is 0.273 e. The highest BCUT2D eigenvalue weighted by atomic mass is 16.5. The number of amides is 1. The van der Waals surface area contributed by atoms with Crippen molar-refractivity contribution in [3.05, 3.63) is 52.6 Å². The van der Waals surface area contributed by atoms with Crippen LogP contribution in [-0.4, -0.2) is 74.5 Å². The lowest BCUT2D eigenvalue weighted by Gasteiger charge is -2.35. The van der Waals surface area contributed by atoms with E-state index in [1.54, 1.807) is 6.20 Å². The first kappa shape index (κ1) is 22.1.